The maximum atomic E-state index is 13.2. The molecule has 2 saturated carbocycles. The largest absolute Gasteiger partial charge is 0.289 e. The van der Waals surface area contributed by atoms with E-state index in [9.17, 15) is 4.79 Å². The van der Waals surface area contributed by atoms with Crippen LogP contribution >= 0.6 is 0 Å². The fourth-order valence-corrected chi connectivity index (χ4v) is 3.70. The van der Waals surface area contributed by atoms with Crippen molar-refractivity contribution in [2.75, 3.05) is 0 Å². The van der Waals surface area contributed by atoms with Gasteiger partial charge in [-0.2, -0.15) is 0 Å². The highest BCUT2D eigenvalue weighted by molar-refractivity contribution is 6.11. The quantitative estimate of drug-likeness (QED) is 0.684. The van der Waals surface area contributed by atoms with Gasteiger partial charge in [0.1, 0.15) is 0 Å². The Labute approximate surface area is 132 Å². The van der Waals surface area contributed by atoms with Crippen molar-refractivity contribution in [3.05, 3.63) is 70.8 Å². The summed E-state index contributed by atoms with van der Waals surface area (Å²) in [6.07, 6.45) is 7.52. The molecule has 2 aliphatic carbocycles. The fraction of sp³-hybridized carbons (Fsp3) is 0.381. The molecule has 0 unspecified atom stereocenters. The van der Waals surface area contributed by atoms with E-state index < -0.39 is 0 Å². The molecule has 0 atom stereocenters. The summed E-state index contributed by atoms with van der Waals surface area (Å²) in [5.41, 5.74) is 4.39. The van der Waals surface area contributed by atoms with Crippen molar-refractivity contribution in [3.8, 4) is 0 Å². The second-order valence-electron chi connectivity index (χ2n) is 6.76. The van der Waals surface area contributed by atoms with Gasteiger partial charge in [-0.05, 0) is 48.6 Å². The number of carbonyl (C=O) groups is 1. The van der Waals surface area contributed by atoms with Gasteiger partial charge in [0.2, 0.25) is 0 Å². The Kier molecular flexibility index (Phi) is 3.57. The lowest BCUT2D eigenvalue weighted by Crippen LogP contribution is -2.17. The Morgan fingerprint density at radius 3 is 1.45 bits per heavy atom. The van der Waals surface area contributed by atoms with E-state index >= 15 is 0 Å². The minimum atomic E-state index is 0.227. The molecule has 0 amide bonds. The van der Waals surface area contributed by atoms with E-state index in [4.69, 9.17) is 0 Å². The van der Waals surface area contributed by atoms with E-state index in [-0.39, 0.29) is 5.78 Å². The zero-order valence-electron chi connectivity index (χ0n) is 12.9. The summed E-state index contributed by atoms with van der Waals surface area (Å²) in [4.78, 5) is 13.2. The lowest BCUT2D eigenvalue weighted by atomic mass is 9.75. The van der Waals surface area contributed by atoms with Gasteiger partial charge in [-0.25, -0.2) is 0 Å². The van der Waals surface area contributed by atoms with Crippen LogP contribution in [0, 0.1) is 0 Å². The molecular weight excluding hydrogens is 268 g/mol. The topological polar surface area (TPSA) is 17.1 Å². The van der Waals surface area contributed by atoms with Crippen LogP contribution in [0.15, 0.2) is 48.5 Å². The zero-order chi connectivity index (χ0) is 14.9. The minimum Gasteiger partial charge on any atom is -0.289 e. The molecule has 2 fully saturated rings. The SMILES string of the molecule is O=C(c1ccccc1C1CCC1)c1ccccc1C1CCC1. The summed E-state index contributed by atoms with van der Waals surface area (Å²) in [5, 5.41) is 0. The Morgan fingerprint density at radius 2 is 1.09 bits per heavy atom. The maximum absolute atomic E-state index is 13.2. The van der Waals surface area contributed by atoms with Gasteiger partial charge >= 0.3 is 0 Å². The van der Waals surface area contributed by atoms with E-state index in [2.05, 4.69) is 24.3 Å². The Hall–Kier alpha value is -1.89. The summed E-state index contributed by atoms with van der Waals surface area (Å²) in [5.74, 6) is 1.41. The van der Waals surface area contributed by atoms with E-state index in [1.54, 1.807) is 0 Å². The number of benzene rings is 2. The van der Waals surface area contributed by atoms with Gasteiger partial charge in [0, 0.05) is 11.1 Å². The fourth-order valence-electron chi connectivity index (χ4n) is 3.70. The van der Waals surface area contributed by atoms with Crippen molar-refractivity contribution in [2.24, 2.45) is 0 Å². The molecule has 0 aromatic heterocycles. The molecule has 1 nitrogen and oxygen atoms in total. The van der Waals surface area contributed by atoms with E-state index in [0.29, 0.717) is 11.8 Å². The van der Waals surface area contributed by atoms with Gasteiger partial charge in [-0.1, -0.05) is 61.4 Å². The molecule has 112 valence electrons. The standard InChI is InChI=1S/C21H22O/c22-21(19-13-3-1-11-17(19)15-7-5-8-15)20-14-4-2-12-18(20)16-9-6-10-16/h1-4,11-16H,5-10H2. The van der Waals surface area contributed by atoms with Crippen LogP contribution in [0.1, 0.15) is 77.4 Å². The number of rotatable bonds is 4. The molecule has 1 heteroatoms. The normalized spacial score (nSPS) is 18.5. The molecule has 0 aliphatic heterocycles. The average molecular weight is 290 g/mol. The Balaban J connectivity index is 1.73. The summed E-state index contributed by atoms with van der Waals surface area (Å²) < 4.78 is 0. The second kappa shape index (κ2) is 5.72. The van der Waals surface area contributed by atoms with Gasteiger partial charge in [0.15, 0.2) is 5.78 Å². The van der Waals surface area contributed by atoms with Crippen LogP contribution in [-0.2, 0) is 0 Å². The molecule has 0 heterocycles. The van der Waals surface area contributed by atoms with Crippen molar-refractivity contribution in [2.45, 2.75) is 50.4 Å². The Bertz CT molecular complexity index is 633. The molecule has 0 saturated heterocycles. The van der Waals surface area contributed by atoms with Crippen molar-refractivity contribution in [3.63, 3.8) is 0 Å². The zero-order valence-corrected chi connectivity index (χ0v) is 12.9. The predicted molar refractivity (Wildman–Crippen MR) is 89.5 cm³/mol. The molecule has 2 aromatic rings. The highest BCUT2D eigenvalue weighted by Gasteiger charge is 2.28. The number of hydrogen-bond acceptors (Lipinski definition) is 1. The molecule has 0 radical (unpaired) electrons. The van der Waals surface area contributed by atoms with Crippen LogP contribution in [0.5, 0.6) is 0 Å². The number of ketones is 1. The molecule has 4 rings (SSSR count). The van der Waals surface area contributed by atoms with Gasteiger partial charge in [-0.3, -0.25) is 4.79 Å². The summed E-state index contributed by atoms with van der Waals surface area (Å²) in [7, 11) is 0. The third-order valence-electron chi connectivity index (χ3n) is 5.50. The molecule has 0 bridgehead atoms. The van der Waals surface area contributed by atoms with Crippen molar-refractivity contribution < 1.29 is 4.79 Å². The summed E-state index contributed by atoms with van der Waals surface area (Å²) >= 11 is 0. The first-order valence-electron chi connectivity index (χ1n) is 8.57. The van der Waals surface area contributed by atoms with Gasteiger partial charge < -0.3 is 0 Å². The van der Waals surface area contributed by atoms with Gasteiger partial charge in [-0.15, -0.1) is 0 Å². The molecule has 2 aliphatic rings. The molecular formula is C21H22O. The summed E-state index contributed by atoms with van der Waals surface area (Å²) in [6, 6.07) is 16.5. The third kappa shape index (κ3) is 2.29. The predicted octanol–water partition coefficient (Wildman–Crippen LogP) is 5.45. The van der Waals surface area contributed by atoms with Crippen LogP contribution in [0.2, 0.25) is 0 Å². The lowest BCUT2D eigenvalue weighted by Gasteiger charge is -2.29. The molecule has 2 aromatic carbocycles. The van der Waals surface area contributed by atoms with Crippen LogP contribution < -0.4 is 0 Å². The first-order valence-corrected chi connectivity index (χ1v) is 8.57. The summed E-state index contributed by atoms with van der Waals surface area (Å²) in [6.45, 7) is 0. The Morgan fingerprint density at radius 1 is 0.682 bits per heavy atom. The van der Waals surface area contributed by atoms with Gasteiger partial charge in [0.05, 0.1) is 0 Å². The number of hydrogen-bond donors (Lipinski definition) is 0. The first-order chi connectivity index (χ1) is 10.8. The van der Waals surface area contributed by atoms with E-state index in [1.807, 2.05) is 24.3 Å². The maximum Gasteiger partial charge on any atom is 0.193 e. The van der Waals surface area contributed by atoms with Crippen molar-refractivity contribution in [1.82, 2.24) is 0 Å². The van der Waals surface area contributed by atoms with Crippen molar-refractivity contribution >= 4 is 5.78 Å². The first kappa shape index (κ1) is 13.8. The smallest absolute Gasteiger partial charge is 0.193 e. The van der Waals surface area contributed by atoms with Crippen LogP contribution in [0.3, 0.4) is 0 Å². The average Bonchev–Trinajstić information content (AvgIpc) is 2.44. The second-order valence-corrected chi connectivity index (χ2v) is 6.76. The lowest BCUT2D eigenvalue weighted by molar-refractivity contribution is 0.103. The van der Waals surface area contributed by atoms with E-state index in [1.165, 1.54) is 49.7 Å². The van der Waals surface area contributed by atoms with E-state index in [0.717, 1.165) is 11.1 Å². The number of carbonyl (C=O) groups excluding carboxylic acids is 1. The van der Waals surface area contributed by atoms with Crippen LogP contribution in [0.4, 0.5) is 0 Å². The van der Waals surface area contributed by atoms with Crippen molar-refractivity contribution in [1.29, 1.82) is 0 Å². The molecule has 0 spiro atoms. The molecule has 22 heavy (non-hydrogen) atoms. The highest BCUT2D eigenvalue weighted by Crippen LogP contribution is 2.41. The highest BCUT2D eigenvalue weighted by atomic mass is 16.1. The minimum absolute atomic E-state index is 0.227. The van der Waals surface area contributed by atoms with Gasteiger partial charge in [0.25, 0.3) is 0 Å². The van der Waals surface area contributed by atoms with Crippen LogP contribution in [0.25, 0.3) is 0 Å². The third-order valence-corrected chi connectivity index (χ3v) is 5.50. The van der Waals surface area contributed by atoms with Crippen LogP contribution in [-0.4, -0.2) is 5.78 Å². The molecule has 0 N–H and O–H groups in total. The monoisotopic (exact) mass is 290 g/mol.